The molecular formula is C16H16Cl2N2O. The van der Waals surface area contributed by atoms with Gasteiger partial charge in [-0.15, -0.1) is 0 Å². The number of halogens is 2. The molecule has 2 rings (SSSR count). The predicted molar refractivity (Wildman–Crippen MR) is 86.7 cm³/mol. The highest BCUT2D eigenvalue weighted by Gasteiger charge is 2.10. The standard InChI is InChI=1S/C16H16Cl2N2O/c1-10(13-4-2-3-5-14(13)17)20-9-12-7-6-11(16(19)21)8-15(12)18/h2-8,10,20H,9H2,1H3,(H2,19,21). The molecule has 0 aliphatic heterocycles. The number of primary amides is 1. The Balaban J connectivity index is 2.06. The lowest BCUT2D eigenvalue weighted by Crippen LogP contribution is -2.19. The molecule has 3 nitrogen and oxygen atoms in total. The van der Waals surface area contributed by atoms with Crippen LogP contribution >= 0.6 is 23.2 Å². The van der Waals surface area contributed by atoms with Gasteiger partial charge in [-0.3, -0.25) is 4.79 Å². The molecule has 5 heteroatoms. The van der Waals surface area contributed by atoms with E-state index in [9.17, 15) is 4.79 Å². The summed E-state index contributed by atoms with van der Waals surface area (Å²) in [6.45, 7) is 2.61. The molecule has 0 spiro atoms. The highest BCUT2D eigenvalue weighted by molar-refractivity contribution is 6.32. The number of nitrogens with one attached hydrogen (secondary N) is 1. The summed E-state index contributed by atoms with van der Waals surface area (Å²) < 4.78 is 0. The molecule has 0 radical (unpaired) electrons. The number of carbonyl (C=O) groups is 1. The van der Waals surface area contributed by atoms with Gasteiger partial charge >= 0.3 is 0 Å². The molecule has 2 aromatic rings. The van der Waals surface area contributed by atoms with Crippen molar-refractivity contribution in [3.05, 3.63) is 69.2 Å². The number of amides is 1. The number of hydrogen-bond acceptors (Lipinski definition) is 2. The Kier molecular flexibility index (Phi) is 5.23. The fourth-order valence-electron chi connectivity index (χ4n) is 2.04. The van der Waals surface area contributed by atoms with Crippen molar-refractivity contribution in [2.24, 2.45) is 5.73 Å². The zero-order valence-electron chi connectivity index (χ0n) is 11.6. The van der Waals surface area contributed by atoms with E-state index in [-0.39, 0.29) is 6.04 Å². The Morgan fingerprint density at radius 3 is 2.52 bits per heavy atom. The molecule has 1 unspecified atom stereocenters. The van der Waals surface area contributed by atoms with Gasteiger partial charge in [0, 0.05) is 28.2 Å². The maximum atomic E-state index is 11.1. The topological polar surface area (TPSA) is 55.1 Å². The minimum Gasteiger partial charge on any atom is -0.366 e. The first-order valence-corrected chi connectivity index (χ1v) is 7.30. The third-order valence-corrected chi connectivity index (χ3v) is 4.00. The number of benzene rings is 2. The van der Waals surface area contributed by atoms with Crippen molar-refractivity contribution in [1.29, 1.82) is 0 Å². The minimum absolute atomic E-state index is 0.0885. The van der Waals surface area contributed by atoms with E-state index in [1.807, 2.05) is 31.2 Å². The van der Waals surface area contributed by atoms with Gasteiger partial charge in [-0.1, -0.05) is 47.5 Å². The molecule has 0 fully saturated rings. The van der Waals surface area contributed by atoms with Crippen LogP contribution in [0, 0.1) is 0 Å². The molecule has 0 saturated carbocycles. The Morgan fingerprint density at radius 1 is 1.19 bits per heavy atom. The Hall–Kier alpha value is -1.55. The molecule has 2 aromatic carbocycles. The van der Waals surface area contributed by atoms with E-state index in [0.29, 0.717) is 17.1 Å². The largest absolute Gasteiger partial charge is 0.366 e. The predicted octanol–water partition coefficient (Wildman–Crippen LogP) is 3.94. The number of carbonyl (C=O) groups excluding carboxylic acids is 1. The lowest BCUT2D eigenvalue weighted by atomic mass is 10.1. The van der Waals surface area contributed by atoms with Crippen LogP contribution in [0.2, 0.25) is 10.0 Å². The first kappa shape index (κ1) is 15.8. The van der Waals surface area contributed by atoms with Crippen molar-refractivity contribution in [1.82, 2.24) is 5.32 Å². The molecule has 0 bridgehead atoms. The average molecular weight is 323 g/mol. The maximum absolute atomic E-state index is 11.1. The van der Waals surface area contributed by atoms with Crippen LogP contribution in [0.4, 0.5) is 0 Å². The second kappa shape index (κ2) is 6.94. The molecule has 0 heterocycles. The molecule has 0 aromatic heterocycles. The van der Waals surface area contributed by atoms with Crippen LogP contribution < -0.4 is 11.1 Å². The smallest absolute Gasteiger partial charge is 0.248 e. The number of nitrogens with two attached hydrogens (primary N) is 1. The Labute approximate surface area is 134 Å². The highest BCUT2D eigenvalue weighted by Crippen LogP contribution is 2.23. The van der Waals surface area contributed by atoms with E-state index < -0.39 is 5.91 Å². The van der Waals surface area contributed by atoms with E-state index >= 15 is 0 Å². The molecule has 3 N–H and O–H groups in total. The van der Waals surface area contributed by atoms with Crippen LogP contribution in [0.5, 0.6) is 0 Å². The van der Waals surface area contributed by atoms with E-state index in [1.165, 1.54) is 0 Å². The summed E-state index contributed by atoms with van der Waals surface area (Å²) in [6.07, 6.45) is 0. The van der Waals surface area contributed by atoms with Crippen LogP contribution in [0.3, 0.4) is 0 Å². The lowest BCUT2D eigenvalue weighted by molar-refractivity contribution is 0.100. The summed E-state index contributed by atoms with van der Waals surface area (Å²) in [5.41, 5.74) is 7.56. The molecule has 1 atom stereocenters. The van der Waals surface area contributed by atoms with Crippen molar-refractivity contribution in [2.45, 2.75) is 19.5 Å². The summed E-state index contributed by atoms with van der Waals surface area (Å²) in [4.78, 5) is 11.1. The van der Waals surface area contributed by atoms with E-state index in [0.717, 1.165) is 16.1 Å². The third-order valence-electron chi connectivity index (χ3n) is 3.31. The van der Waals surface area contributed by atoms with Gasteiger partial charge in [-0.05, 0) is 36.2 Å². The van der Waals surface area contributed by atoms with Crippen LogP contribution in [0.1, 0.15) is 34.5 Å². The first-order chi connectivity index (χ1) is 9.99. The zero-order chi connectivity index (χ0) is 15.4. The quantitative estimate of drug-likeness (QED) is 0.875. The second-order valence-corrected chi connectivity index (χ2v) is 5.61. The van der Waals surface area contributed by atoms with Crippen molar-refractivity contribution in [3.8, 4) is 0 Å². The van der Waals surface area contributed by atoms with Gasteiger partial charge in [0.05, 0.1) is 0 Å². The lowest BCUT2D eigenvalue weighted by Gasteiger charge is -2.16. The highest BCUT2D eigenvalue weighted by atomic mass is 35.5. The molecule has 21 heavy (non-hydrogen) atoms. The van der Waals surface area contributed by atoms with Gasteiger partial charge in [-0.2, -0.15) is 0 Å². The monoisotopic (exact) mass is 322 g/mol. The molecule has 1 amide bonds. The SMILES string of the molecule is CC(NCc1ccc(C(N)=O)cc1Cl)c1ccccc1Cl. The zero-order valence-corrected chi connectivity index (χ0v) is 13.1. The molecule has 0 aliphatic rings. The summed E-state index contributed by atoms with van der Waals surface area (Å²) in [5, 5.41) is 4.61. The normalized spacial score (nSPS) is 12.1. The van der Waals surface area contributed by atoms with Gasteiger partial charge < -0.3 is 11.1 Å². The van der Waals surface area contributed by atoms with Crippen molar-refractivity contribution in [3.63, 3.8) is 0 Å². The molecular weight excluding hydrogens is 307 g/mol. The molecule has 110 valence electrons. The van der Waals surface area contributed by atoms with Gasteiger partial charge in [0.15, 0.2) is 0 Å². The Bertz CT molecular complexity index is 658. The maximum Gasteiger partial charge on any atom is 0.248 e. The summed E-state index contributed by atoms with van der Waals surface area (Å²) in [6, 6.07) is 12.8. The summed E-state index contributed by atoms with van der Waals surface area (Å²) in [7, 11) is 0. The van der Waals surface area contributed by atoms with Gasteiger partial charge in [0.1, 0.15) is 0 Å². The van der Waals surface area contributed by atoms with Gasteiger partial charge in [0.25, 0.3) is 0 Å². The van der Waals surface area contributed by atoms with E-state index in [2.05, 4.69) is 5.32 Å². The van der Waals surface area contributed by atoms with Gasteiger partial charge in [0.2, 0.25) is 5.91 Å². The first-order valence-electron chi connectivity index (χ1n) is 6.55. The average Bonchev–Trinajstić information content (AvgIpc) is 2.46. The summed E-state index contributed by atoms with van der Waals surface area (Å²) in [5.74, 6) is -0.485. The fourth-order valence-corrected chi connectivity index (χ4v) is 2.59. The molecule has 0 aliphatic carbocycles. The third kappa shape index (κ3) is 3.97. The van der Waals surface area contributed by atoms with Crippen molar-refractivity contribution in [2.75, 3.05) is 0 Å². The van der Waals surface area contributed by atoms with Crippen LogP contribution in [-0.2, 0) is 6.54 Å². The van der Waals surface area contributed by atoms with Gasteiger partial charge in [-0.25, -0.2) is 0 Å². The molecule has 0 saturated heterocycles. The Morgan fingerprint density at radius 2 is 1.90 bits per heavy atom. The number of hydrogen-bond donors (Lipinski definition) is 2. The van der Waals surface area contributed by atoms with E-state index in [1.54, 1.807) is 18.2 Å². The van der Waals surface area contributed by atoms with Crippen LogP contribution in [-0.4, -0.2) is 5.91 Å². The van der Waals surface area contributed by atoms with E-state index in [4.69, 9.17) is 28.9 Å². The number of rotatable bonds is 5. The van der Waals surface area contributed by atoms with Crippen molar-refractivity contribution >= 4 is 29.1 Å². The van der Waals surface area contributed by atoms with Crippen LogP contribution in [0.15, 0.2) is 42.5 Å². The summed E-state index contributed by atoms with van der Waals surface area (Å²) >= 11 is 12.3. The van der Waals surface area contributed by atoms with Crippen LogP contribution in [0.25, 0.3) is 0 Å². The second-order valence-electron chi connectivity index (χ2n) is 4.79. The minimum atomic E-state index is -0.485. The fraction of sp³-hybridized carbons (Fsp3) is 0.188. The van der Waals surface area contributed by atoms with Crippen molar-refractivity contribution < 1.29 is 4.79 Å².